The Morgan fingerprint density at radius 2 is 1.75 bits per heavy atom. The Morgan fingerprint density at radius 1 is 1.10 bits per heavy atom. The van der Waals surface area contributed by atoms with Crippen LogP contribution in [0, 0.1) is 11.8 Å². The summed E-state index contributed by atoms with van der Waals surface area (Å²) in [5.41, 5.74) is 2.33. The van der Waals surface area contributed by atoms with Gasteiger partial charge in [-0.15, -0.1) is 17.5 Å². The number of hydrogen-bond acceptors (Lipinski definition) is 1. The van der Waals surface area contributed by atoms with Crippen molar-refractivity contribution in [3.05, 3.63) is 60.2 Å². The van der Waals surface area contributed by atoms with E-state index in [0.717, 1.165) is 16.9 Å². The number of rotatable bonds is 3. The minimum atomic E-state index is -0.178. The summed E-state index contributed by atoms with van der Waals surface area (Å²) < 4.78 is 0. The lowest BCUT2D eigenvalue weighted by molar-refractivity contribution is -0.115. The van der Waals surface area contributed by atoms with Gasteiger partial charge in [0.1, 0.15) is 5.88 Å². The molecule has 0 radical (unpaired) electrons. The maximum atomic E-state index is 12.2. The molecule has 0 aliphatic heterocycles. The molecule has 2 aromatic carbocycles. The van der Waals surface area contributed by atoms with E-state index in [4.69, 9.17) is 11.6 Å². The topological polar surface area (TPSA) is 20.3 Å². The van der Waals surface area contributed by atoms with Crippen LogP contribution in [0.2, 0.25) is 0 Å². The van der Waals surface area contributed by atoms with Crippen LogP contribution >= 0.6 is 11.6 Å². The summed E-state index contributed by atoms with van der Waals surface area (Å²) in [4.78, 5) is 13.8. The van der Waals surface area contributed by atoms with Crippen LogP contribution in [0.3, 0.4) is 0 Å². The van der Waals surface area contributed by atoms with Crippen LogP contribution in [-0.2, 0) is 4.79 Å². The molecule has 100 valence electrons. The Hall–Kier alpha value is -2.24. The summed E-state index contributed by atoms with van der Waals surface area (Å²) in [6, 6.07) is 17.0. The number of alkyl halides is 1. The number of carbonyl (C=O) groups is 1. The van der Waals surface area contributed by atoms with Crippen molar-refractivity contribution < 1.29 is 4.79 Å². The molecule has 0 aliphatic carbocycles. The standard InChI is InChI=1S/C17H14ClNO/c1-2-8-14-9-6-7-12-16(14)19(17(20)13-18)15-10-4-3-5-11-15/h3-7,9-12H,13H2,1H3. The van der Waals surface area contributed by atoms with Crippen LogP contribution in [0.15, 0.2) is 54.6 Å². The molecular weight excluding hydrogens is 270 g/mol. The first-order chi connectivity index (χ1) is 9.77. The molecule has 0 heterocycles. The van der Waals surface area contributed by atoms with Crippen molar-refractivity contribution in [3.63, 3.8) is 0 Å². The van der Waals surface area contributed by atoms with E-state index >= 15 is 0 Å². The molecule has 0 saturated heterocycles. The first-order valence-corrected chi connectivity index (χ1v) is 6.77. The van der Waals surface area contributed by atoms with Crippen LogP contribution in [0.1, 0.15) is 12.5 Å². The van der Waals surface area contributed by atoms with E-state index in [0.29, 0.717) is 0 Å². The summed E-state index contributed by atoms with van der Waals surface area (Å²) >= 11 is 5.75. The molecule has 3 heteroatoms. The first-order valence-electron chi connectivity index (χ1n) is 6.23. The quantitative estimate of drug-likeness (QED) is 0.617. The fourth-order valence-corrected chi connectivity index (χ4v) is 2.08. The summed E-state index contributed by atoms with van der Waals surface area (Å²) in [6.07, 6.45) is 0. The van der Waals surface area contributed by atoms with Gasteiger partial charge in [0, 0.05) is 11.3 Å². The zero-order chi connectivity index (χ0) is 14.4. The highest BCUT2D eigenvalue weighted by Crippen LogP contribution is 2.28. The number of anilines is 2. The van der Waals surface area contributed by atoms with E-state index in [1.807, 2.05) is 54.6 Å². The molecule has 0 aromatic heterocycles. The average molecular weight is 284 g/mol. The van der Waals surface area contributed by atoms with Crippen molar-refractivity contribution >= 4 is 28.9 Å². The Kier molecular flexibility index (Phi) is 4.81. The number of para-hydroxylation sites is 2. The van der Waals surface area contributed by atoms with Gasteiger partial charge in [0.25, 0.3) is 0 Å². The van der Waals surface area contributed by atoms with Gasteiger partial charge < -0.3 is 0 Å². The highest BCUT2D eigenvalue weighted by molar-refractivity contribution is 6.30. The normalized spacial score (nSPS) is 9.50. The molecule has 0 saturated carbocycles. The monoisotopic (exact) mass is 283 g/mol. The zero-order valence-corrected chi connectivity index (χ0v) is 11.9. The van der Waals surface area contributed by atoms with Crippen molar-refractivity contribution in [2.75, 3.05) is 10.8 Å². The number of hydrogen-bond donors (Lipinski definition) is 0. The van der Waals surface area contributed by atoms with E-state index in [2.05, 4.69) is 11.8 Å². The predicted octanol–water partition coefficient (Wildman–Crippen LogP) is 3.96. The Balaban J connectivity index is 2.58. The molecule has 0 unspecified atom stereocenters. The third-order valence-corrected chi connectivity index (χ3v) is 3.01. The summed E-state index contributed by atoms with van der Waals surface area (Å²) in [7, 11) is 0. The fraction of sp³-hybridized carbons (Fsp3) is 0.118. The fourth-order valence-electron chi connectivity index (χ4n) is 1.96. The van der Waals surface area contributed by atoms with E-state index in [1.54, 1.807) is 11.8 Å². The zero-order valence-electron chi connectivity index (χ0n) is 11.1. The first kappa shape index (κ1) is 14.2. The Morgan fingerprint density at radius 3 is 2.40 bits per heavy atom. The van der Waals surface area contributed by atoms with Crippen LogP contribution in [-0.4, -0.2) is 11.8 Å². The van der Waals surface area contributed by atoms with Gasteiger partial charge >= 0.3 is 0 Å². The van der Waals surface area contributed by atoms with Gasteiger partial charge in [-0.3, -0.25) is 9.69 Å². The second kappa shape index (κ2) is 6.79. The second-order valence-electron chi connectivity index (χ2n) is 4.09. The van der Waals surface area contributed by atoms with Crippen molar-refractivity contribution in [1.82, 2.24) is 0 Å². The predicted molar refractivity (Wildman–Crippen MR) is 83.3 cm³/mol. The largest absolute Gasteiger partial charge is 0.279 e. The molecule has 0 fully saturated rings. The molecule has 0 spiro atoms. The number of halogens is 1. The van der Waals surface area contributed by atoms with Gasteiger partial charge in [0.2, 0.25) is 5.91 Å². The van der Waals surface area contributed by atoms with Gasteiger partial charge in [-0.2, -0.15) is 0 Å². The summed E-state index contributed by atoms with van der Waals surface area (Å²) in [5.74, 6) is 5.63. The number of amides is 1. The number of carbonyl (C=O) groups excluding carboxylic acids is 1. The summed E-state index contributed by atoms with van der Waals surface area (Å²) in [5, 5.41) is 0. The van der Waals surface area contributed by atoms with E-state index < -0.39 is 0 Å². The van der Waals surface area contributed by atoms with Crippen LogP contribution in [0.4, 0.5) is 11.4 Å². The average Bonchev–Trinajstić information content (AvgIpc) is 2.50. The third kappa shape index (κ3) is 3.01. The third-order valence-electron chi connectivity index (χ3n) is 2.78. The maximum Gasteiger partial charge on any atom is 0.246 e. The van der Waals surface area contributed by atoms with Gasteiger partial charge in [0.15, 0.2) is 0 Å². The molecule has 0 atom stereocenters. The van der Waals surface area contributed by atoms with Gasteiger partial charge in [0.05, 0.1) is 5.69 Å². The molecule has 20 heavy (non-hydrogen) atoms. The highest BCUT2D eigenvalue weighted by Gasteiger charge is 2.18. The molecule has 1 amide bonds. The minimum absolute atomic E-state index is 0.0806. The van der Waals surface area contributed by atoms with E-state index in [-0.39, 0.29) is 11.8 Å². The van der Waals surface area contributed by atoms with Gasteiger partial charge in [-0.05, 0) is 31.2 Å². The van der Waals surface area contributed by atoms with Crippen LogP contribution in [0.25, 0.3) is 0 Å². The van der Waals surface area contributed by atoms with Crippen molar-refractivity contribution in [2.24, 2.45) is 0 Å². The maximum absolute atomic E-state index is 12.2. The molecule has 2 rings (SSSR count). The Bertz CT molecular complexity index is 655. The second-order valence-corrected chi connectivity index (χ2v) is 4.36. The number of nitrogens with zero attached hydrogens (tertiary/aromatic N) is 1. The lowest BCUT2D eigenvalue weighted by Gasteiger charge is -2.23. The minimum Gasteiger partial charge on any atom is -0.279 e. The van der Waals surface area contributed by atoms with Crippen molar-refractivity contribution in [2.45, 2.75) is 6.92 Å². The Labute approximate surface area is 124 Å². The van der Waals surface area contributed by atoms with E-state index in [9.17, 15) is 4.79 Å². The van der Waals surface area contributed by atoms with E-state index in [1.165, 1.54) is 0 Å². The molecule has 0 bridgehead atoms. The van der Waals surface area contributed by atoms with Gasteiger partial charge in [-0.25, -0.2) is 0 Å². The van der Waals surface area contributed by atoms with Crippen molar-refractivity contribution in [3.8, 4) is 11.8 Å². The summed E-state index contributed by atoms with van der Waals surface area (Å²) in [6.45, 7) is 1.77. The highest BCUT2D eigenvalue weighted by atomic mass is 35.5. The lowest BCUT2D eigenvalue weighted by atomic mass is 10.1. The van der Waals surface area contributed by atoms with Crippen LogP contribution < -0.4 is 4.90 Å². The molecule has 0 N–H and O–H groups in total. The lowest BCUT2D eigenvalue weighted by Crippen LogP contribution is -2.27. The molecule has 0 aliphatic rings. The molecule has 2 aromatic rings. The molecular formula is C17H14ClNO. The smallest absolute Gasteiger partial charge is 0.246 e. The number of benzene rings is 2. The van der Waals surface area contributed by atoms with Crippen molar-refractivity contribution in [1.29, 1.82) is 0 Å². The van der Waals surface area contributed by atoms with Gasteiger partial charge in [-0.1, -0.05) is 36.3 Å². The SMILES string of the molecule is CC#Cc1ccccc1N(C(=O)CCl)c1ccccc1. The van der Waals surface area contributed by atoms with Crippen LogP contribution in [0.5, 0.6) is 0 Å². The molecule has 2 nitrogen and oxygen atoms in total.